The Bertz CT molecular complexity index is 1800. The third-order valence-corrected chi connectivity index (χ3v) is 6.23. The summed E-state index contributed by atoms with van der Waals surface area (Å²) in [5.74, 6) is 0.492. The number of aromatic nitrogens is 6. The van der Waals surface area contributed by atoms with Crippen LogP contribution >= 0.6 is 0 Å². The second kappa shape index (κ2) is 9.51. The molecule has 0 aliphatic rings. The number of anilines is 1. The fourth-order valence-electron chi connectivity index (χ4n) is 4.52. The van der Waals surface area contributed by atoms with E-state index in [9.17, 15) is 9.18 Å². The molecule has 0 aliphatic heterocycles. The predicted molar refractivity (Wildman–Crippen MR) is 146 cm³/mol. The van der Waals surface area contributed by atoms with E-state index in [2.05, 4.69) is 30.5 Å². The molecule has 4 aromatic heterocycles. The van der Waals surface area contributed by atoms with E-state index < -0.39 is 0 Å². The summed E-state index contributed by atoms with van der Waals surface area (Å²) in [5.41, 5.74) is 6.58. The maximum atomic E-state index is 13.9. The van der Waals surface area contributed by atoms with Crippen LogP contribution in [0.15, 0.2) is 73.2 Å². The minimum absolute atomic E-state index is 0.0537. The molecular formula is C29H24FN7O. The number of hydrogen-bond acceptors (Lipinski definition) is 5. The molecule has 0 bridgehead atoms. The fourth-order valence-corrected chi connectivity index (χ4v) is 4.52. The van der Waals surface area contributed by atoms with Crippen LogP contribution in [0.5, 0.6) is 0 Å². The van der Waals surface area contributed by atoms with Gasteiger partial charge in [0.25, 0.3) is 0 Å². The number of carbonyl (C=O) groups excluding carboxylic acids is 1. The van der Waals surface area contributed by atoms with Gasteiger partial charge in [-0.2, -0.15) is 5.10 Å². The van der Waals surface area contributed by atoms with E-state index in [0.29, 0.717) is 29.3 Å². The van der Waals surface area contributed by atoms with Crippen molar-refractivity contribution in [1.82, 2.24) is 30.1 Å². The van der Waals surface area contributed by atoms with E-state index in [1.807, 2.05) is 50.2 Å². The van der Waals surface area contributed by atoms with E-state index in [1.54, 1.807) is 24.7 Å². The largest absolute Gasteiger partial charge is 0.337 e. The number of rotatable bonds is 6. The minimum atomic E-state index is -0.299. The molecule has 0 unspecified atom stereocenters. The van der Waals surface area contributed by atoms with Gasteiger partial charge < -0.3 is 10.3 Å². The Hall–Kier alpha value is -4.92. The standard InChI is InChI=1S/C29H24FN7O/c1-16(2)9-26(38)33-20-11-18(13-31-14-20)24-12-22-25(15-32-24)36-37-28(22)29-34-23-8-4-7-21(27(23)35-29)17-5-3-6-19(30)10-17/h3-8,10-16H,9H2,1-2H3,(H,33,38)(H,34,35)(H,36,37). The van der Waals surface area contributed by atoms with Gasteiger partial charge in [-0.3, -0.25) is 19.9 Å². The number of imidazole rings is 1. The molecule has 0 saturated heterocycles. The van der Waals surface area contributed by atoms with Gasteiger partial charge in [-0.1, -0.05) is 38.1 Å². The number of benzene rings is 2. The van der Waals surface area contributed by atoms with Gasteiger partial charge in [0.1, 0.15) is 11.5 Å². The lowest BCUT2D eigenvalue weighted by atomic mass is 10.0. The Morgan fingerprint density at radius 3 is 2.71 bits per heavy atom. The van der Waals surface area contributed by atoms with Crippen molar-refractivity contribution in [3.05, 3.63) is 79.0 Å². The maximum absolute atomic E-state index is 13.9. The molecule has 9 heteroatoms. The first-order valence-electron chi connectivity index (χ1n) is 12.3. The van der Waals surface area contributed by atoms with Gasteiger partial charge in [0, 0.05) is 29.1 Å². The van der Waals surface area contributed by atoms with Crippen molar-refractivity contribution in [2.75, 3.05) is 5.32 Å². The lowest BCUT2D eigenvalue weighted by molar-refractivity contribution is -0.116. The Labute approximate surface area is 217 Å². The first-order valence-corrected chi connectivity index (χ1v) is 12.3. The lowest BCUT2D eigenvalue weighted by Gasteiger charge is -2.08. The van der Waals surface area contributed by atoms with Gasteiger partial charge in [0.2, 0.25) is 5.91 Å². The number of pyridine rings is 2. The number of amides is 1. The Balaban J connectivity index is 1.38. The number of nitrogens with zero attached hydrogens (tertiary/aromatic N) is 4. The van der Waals surface area contributed by atoms with Gasteiger partial charge in [0.05, 0.1) is 40.3 Å². The van der Waals surface area contributed by atoms with Crippen LogP contribution < -0.4 is 5.32 Å². The molecule has 6 aromatic rings. The molecule has 0 saturated carbocycles. The molecule has 0 atom stereocenters. The minimum Gasteiger partial charge on any atom is -0.337 e. The molecule has 2 aromatic carbocycles. The number of hydrogen-bond donors (Lipinski definition) is 3. The second-order valence-corrected chi connectivity index (χ2v) is 9.59. The van der Waals surface area contributed by atoms with Crippen LogP contribution in [0.3, 0.4) is 0 Å². The van der Waals surface area contributed by atoms with Crippen molar-refractivity contribution in [1.29, 1.82) is 0 Å². The second-order valence-electron chi connectivity index (χ2n) is 9.59. The van der Waals surface area contributed by atoms with E-state index in [-0.39, 0.29) is 17.6 Å². The molecule has 0 aliphatic carbocycles. The molecule has 8 nitrogen and oxygen atoms in total. The molecule has 0 radical (unpaired) electrons. The van der Waals surface area contributed by atoms with Gasteiger partial charge in [-0.05, 0) is 41.8 Å². The van der Waals surface area contributed by atoms with Crippen molar-refractivity contribution in [3.63, 3.8) is 0 Å². The summed E-state index contributed by atoms with van der Waals surface area (Å²) in [7, 11) is 0. The molecule has 3 N–H and O–H groups in total. The van der Waals surface area contributed by atoms with E-state index >= 15 is 0 Å². The fraction of sp³-hybridized carbons (Fsp3) is 0.138. The monoisotopic (exact) mass is 505 g/mol. The van der Waals surface area contributed by atoms with Crippen molar-refractivity contribution in [2.24, 2.45) is 5.92 Å². The predicted octanol–water partition coefficient (Wildman–Crippen LogP) is 6.35. The highest BCUT2D eigenvalue weighted by molar-refractivity contribution is 5.98. The molecule has 6 rings (SSSR count). The summed E-state index contributed by atoms with van der Waals surface area (Å²) in [6.45, 7) is 4.00. The third-order valence-electron chi connectivity index (χ3n) is 6.23. The van der Waals surface area contributed by atoms with Crippen LogP contribution in [0.2, 0.25) is 0 Å². The van der Waals surface area contributed by atoms with Crippen molar-refractivity contribution in [3.8, 4) is 33.9 Å². The smallest absolute Gasteiger partial charge is 0.224 e. The van der Waals surface area contributed by atoms with E-state index in [1.165, 1.54) is 12.1 Å². The highest BCUT2D eigenvalue weighted by Gasteiger charge is 2.17. The number of nitrogens with one attached hydrogen (secondary N) is 3. The zero-order valence-corrected chi connectivity index (χ0v) is 20.8. The summed E-state index contributed by atoms with van der Waals surface area (Å²) in [6.07, 6.45) is 5.48. The van der Waals surface area contributed by atoms with Gasteiger partial charge in [-0.25, -0.2) is 9.37 Å². The number of H-pyrrole nitrogens is 2. The van der Waals surface area contributed by atoms with Gasteiger partial charge >= 0.3 is 0 Å². The average molecular weight is 506 g/mol. The number of halogens is 1. The Kier molecular flexibility index (Phi) is 5.88. The zero-order chi connectivity index (χ0) is 26.2. The summed E-state index contributed by atoms with van der Waals surface area (Å²) in [5, 5.41) is 11.3. The third kappa shape index (κ3) is 4.50. The highest BCUT2D eigenvalue weighted by atomic mass is 19.1. The average Bonchev–Trinajstić information content (AvgIpc) is 3.52. The van der Waals surface area contributed by atoms with Crippen LogP contribution in [0, 0.1) is 11.7 Å². The number of aromatic amines is 2. The topological polar surface area (TPSA) is 112 Å². The first kappa shape index (κ1) is 23.5. The molecule has 0 spiro atoms. The van der Waals surface area contributed by atoms with Crippen molar-refractivity contribution >= 4 is 33.5 Å². The van der Waals surface area contributed by atoms with Gasteiger partial charge in [-0.15, -0.1) is 0 Å². The molecule has 188 valence electrons. The summed E-state index contributed by atoms with van der Waals surface area (Å²) >= 11 is 0. The Morgan fingerprint density at radius 1 is 1.00 bits per heavy atom. The SMILES string of the molecule is CC(C)CC(=O)Nc1cncc(-c2cc3c(-c4nc5c(-c6cccc(F)c6)cccc5[nH]4)n[nH]c3cn2)c1. The van der Waals surface area contributed by atoms with E-state index in [4.69, 9.17) is 4.98 Å². The number of carbonyl (C=O) groups is 1. The summed E-state index contributed by atoms with van der Waals surface area (Å²) in [4.78, 5) is 29.3. The number of fused-ring (bicyclic) bond motifs is 2. The van der Waals surface area contributed by atoms with Crippen molar-refractivity contribution in [2.45, 2.75) is 20.3 Å². The van der Waals surface area contributed by atoms with Crippen LogP contribution in [0.25, 0.3) is 55.8 Å². The van der Waals surface area contributed by atoms with Crippen molar-refractivity contribution < 1.29 is 9.18 Å². The normalized spacial score (nSPS) is 11.5. The molecule has 1 amide bonds. The van der Waals surface area contributed by atoms with Gasteiger partial charge in [0.15, 0.2) is 5.82 Å². The summed E-state index contributed by atoms with van der Waals surface area (Å²) in [6, 6.07) is 16.0. The highest BCUT2D eigenvalue weighted by Crippen LogP contribution is 2.33. The molecular weight excluding hydrogens is 481 g/mol. The van der Waals surface area contributed by atoms with Crippen LogP contribution in [-0.4, -0.2) is 36.0 Å². The van der Waals surface area contributed by atoms with Crippen LogP contribution in [-0.2, 0) is 4.79 Å². The molecule has 0 fully saturated rings. The van der Waals surface area contributed by atoms with Crippen LogP contribution in [0.1, 0.15) is 20.3 Å². The number of para-hydroxylation sites is 1. The molecule has 4 heterocycles. The zero-order valence-electron chi connectivity index (χ0n) is 20.8. The summed E-state index contributed by atoms with van der Waals surface area (Å²) < 4.78 is 13.9. The Morgan fingerprint density at radius 2 is 1.87 bits per heavy atom. The quantitative estimate of drug-likeness (QED) is 0.244. The maximum Gasteiger partial charge on any atom is 0.224 e. The molecule has 38 heavy (non-hydrogen) atoms. The van der Waals surface area contributed by atoms with Crippen LogP contribution in [0.4, 0.5) is 10.1 Å². The first-order chi connectivity index (χ1) is 18.4. The van der Waals surface area contributed by atoms with E-state index in [0.717, 1.165) is 38.6 Å². The lowest BCUT2D eigenvalue weighted by Crippen LogP contribution is -2.13.